The maximum atomic E-state index is 3.11. The lowest BCUT2D eigenvalue weighted by molar-refractivity contribution is 0.841. The molecule has 0 spiro atoms. The topological polar surface area (TPSA) is 12.0 Å². The van der Waals surface area contributed by atoms with Crippen LogP contribution in [0.3, 0.4) is 0 Å². The van der Waals surface area contributed by atoms with Crippen LogP contribution in [0.5, 0.6) is 0 Å². The zero-order valence-corrected chi connectivity index (χ0v) is 5.15. The maximum Gasteiger partial charge on any atom is 0.0107 e. The molecule has 0 atom stereocenters. The third-order valence-electron chi connectivity index (χ3n) is 1.33. The van der Waals surface area contributed by atoms with Crippen LogP contribution in [0, 0.1) is 0 Å². The van der Waals surface area contributed by atoms with Gasteiger partial charge in [0.2, 0.25) is 0 Å². The standard InChI is InChI=1S/C7H11N/c1-8-7-5-3-2-4-6-7/h2-3,5,8H,4,6H2,1H3. The highest BCUT2D eigenvalue weighted by molar-refractivity contribution is 5.15. The summed E-state index contributed by atoms with van der Waals surface area (Å²) in [7, 11) is 1.96. The summed E-state index contributed by atoms with van der Waals surface area (Å²) in [6, 6.07) is 0. The Morgan fingerprint density at radius 3 is 2.88 bits per heavy atom. The van der Waals surface area contributed by atoms with E-state index in [1.807, 2.05) is 7.05 Å². The summed E-state index contributed by atoms with van der Waals surface area (Å²) >= 11 is 0. The fraction of sp³-hybridized carbons (Fsp3) is 0.429. The normalized spacial score (nSPS) is 17.9. The SMILES string of the molecule is CNC1=CC=CCC1. The minimum Gasteiger partial charge on any atom is -0.391 e. The van der Waals surface area contributed by atoms with Crippen LogP contribution in [0.4, 0.5) is 0 Å². The van der Waals surface area contributed by atoms with Gasteiger partial charge in [-0.05, 0) is 18.9 Å². The van der Waals surface area contributed by atoms with Crippen molar-refractivity contribution in [2.75, 3.05) is 7.05 Å². The molecule has 1 heteroatoms. The third kappa shape index (κ3) is 1.12. The van der Waals surface area contributed by atoms with Gasteiger partial charge in [0.15, 0.2) is 0 Å². The van der Waals surface area contributed by atoms with Gasteiger partial charge >= 0.3 is 0 Å². The van der Waals surface area contributed by atoms with Crippen LogP contribution in [0.25, 0.3) is 0 Å². The zero-order chi connectivity index (χ0) is 5.82. The van der Waals surface area contributed by atoms with Gasteiger partial charge in [0.1, 0.15) is 0 Å². The van der Waals surface area contributed by atoms with Crippen LogP contribution in [-0.4, -0.2) is 7.05 Å². The summed E-state index contributed by atoms with van der Waals surface area (Å²) < 4.78 is 0. The van der Waals surface area contributed by atoms with Gasteiger partial charge in [0.05, 0.1) is 0 Å². The molecule has 1 N–H and O–H groups in total. The Kier molecular flexibility index (Phi) is 1.73. The first-order valence-electron chi connectivity index (χ1n) is 2.97. The molecule has 1 aliphatic carbocycles. The highest BCUT2D eigenvalue weighted by atomic mass is 14.8. The Balaban J connectivity index is 2.50. The molecular formula is C7H11N. The molecule has 0 aromatic rings. The number of hydrogen-bond donors (Lipinski definition) is 1. The van der Waals surface area contributed by atoms with E-state index in [-0.39, 0.29) is 0 Å². The van der Waals surface area contributed by atoms with Crippen molar-refractivity contribution in [1.29, 1.82) is 0 Å². The summed E-state index contributed by atoms with van der Waals surface area (Å²) in [5.74, 6) is 0. The van der Waals surface area contributed by atoms with Gasteiger partial charge in [0.25, 0.3) is 0 Å². The molecule has 0 radical (unpaired) electrons. The first-order valence-corrected chi connectivity index (χ1v) is 2.97. The van der Waals surface area contributed by atoms with Gasteiger partial charge in [-0.1, -0.05) is 12.2 Å². The van der Waals surface area contributed by atoms with E-state index >= 15 is 0 Å². The van der Waals surface area contributed by atoms with E-state index in [1.54, 1.807) is 0 Å². The summed E-state index contributed by atoms with van der Waals surface area (Å²) in [4.78, 5) is 0. The molecule has 44 valence electrons. The zero-order valence-electron chi connectivity index (χ0n) is 5.15. The second-order valence-corrected chi connectivity index (χ2v) is 1.91. The molecule has 0 aromatic carbocycles. The van der Waals surface area contributed by atoms with Gasteiger partial charge in [0, 0.05) is 12.7 Å². The van der Waals surface area contributed by atoms with E-state index in [1.165, 1.54) is 18.5 Å². The Morgan fingerprint density at radius 1 is 1.62 bits per heavy atom. The molecule has 1 nitrogen and oxygen atoms in total. The summed E-state index contributed by atoms with van der Waals surface area (Å²) in [5.41, 5.74) is 1.34. The highest BCUT2D eigenvalue weighted by Crippen LogP contribution is 2.06. The van der Waals surface area contributed by atoms with Crippen LogP contribution in [0.2, 0.25) is 0 Å². The second kappa shape index (κ2) is 2.55. The van der Waals surface area contributed by atoms with E-state index in [0.717, 1.165) is 0 Å². The number of nitrogens with one attached hydrogen (secondary N) is 1. The quantitative estimate of drug-likeness (QED) is 0.537. The monoisotopic (exact) mass is 109 g/mol. The third-order valence-corrected chi connectivity index (χ3v) is 1.33. The Bertz CT molecular complexity index is 122. The predicted octanol–water partition coefficient (Wildman–Crippen LogP) is 1.44. The molecule has 8 heavy (non-hydrogen) atoms. The predicted molar refractivity (Wildman–Crippen MR) is 35.5 cm³/mol. The van der Waals surface area contributed by atoms with Crippen molar-refractivity contribution in [2.24, 2.45) is 0 Å². The molecule has 0 heterocycles. The molecule has 1 rings (SSSR count). The van der Waals surface area contributed by atoms with Crippen molar-refractivity contribution >= 4 is 0 Å². The number of hydrogen-bond acceptors (Lipinski definition) is 1. The van der Waals surface area contributed by atoms with Crippen molar-refractivity contribution in [1.82, 2.24) is 5.32 Å². The van der Waals surface area contributed by atoms with Crippen LogP contribution in [-0.2, 0) is 0 Å². The number of rotatable bonds is 1. The second-order valence-electron chi connectivity index (χ2n) is 1.91. The van der Waals surface area contributed by atoms with Gasteiger partial charge in [-0.15, -0.1) is 0 Å². The summed E-state index contributed by atoms with van der Waals surface area (Å²) in [6.07, 6.45) is 8.75. The minimum absolute atomic E-state index is 1.17. The fourth-order valence-corrected chi connectivity index (χ4v) is 0.811. The van der Waals surface area contributed by atoms with Gasteiger partial charge in [-0.2, -0.15) is 0 Å². The average Bonchev–Trinajstić information content (AvgIpc) is 1.90. The Labute approximate surface area is 50.1 Å². The van der Waals surface area contributed by atoms with E-state index in [0.29, 0.717) is 0 Å². The molecular weight excluding hydrogens is 98.1 g/mol. The van der Waals surface area contributed by atoms with Gasteiger partial charge in [-0.25, -0.2) is 0 Å². The van der Waals surface area contributed by atoms with Crippen molar-refractivity contribution in [3.8, 4) is 0 Å². The molecule has 0 saturated heterocycles. The Hall–Kier alpha value is -0.720. The van der Waals surface area contributed by atoms with E-state index in [4.69, 9.17) is 0 Å². The lowest BCUT2D eigenvalue weighted by atomic mass is 10.1. The minimum atomic E-state index is 1.17. The first-order chi connectivity index (χ1) is 3.93. The van der Waals surface area contributed by atoms with Crippen molar-refractivity contribution in [3.63, 3.8) is 0 Å². The Morgan fingerprint density at radius 2 is 2.50 bits per heavy atom. The largest absolute Gasteiger partial charge is 0.391 e. The fourth-order valence-electron chi connectivity index (χ4n) is 0.811. The van der Waals surface area contributed by atoms with E-state index < -0.39 is 0 Å². The van der Waals surface area contributed by atoms with Crippen LogP contribution >= 0.6 is 0 Å². The summed E-state index contributed by atoms with van der Waals surface area (Å²) in [5, 5.41) is 3.11. The smallest absolute Gasteiger partial charge is 0.0107 e. The molecule has 1 aliphatic rings. The van der Waals surface area contributed by atoms with Crippen LogP contribution < -0.4 is 5.32 Å². The molecule has 0 bridgehead atoms. The van der Waals surface area contributed by atoms with Gasteiger partial charge < -0.3 is 5.32 Å². The number of allylic oxidation sites excluding steroid dienone is 4. The van der Waals surface area contributed by atoms with Crippen LogP contribution in [0.15, 0.2) is 23.9 Å². The lowest BCUT2D eigenvalue weighted by Crippen LogP contribution is -2.05. The first kappa shape index (κ1) is 5.42. The average molecular weight is 109 g/mol. The molecule has 0 amide bonds. The lowest BCUT2D eigenvalue weighted by Gasteiger charge is -2.05. The highest BCUT2D eigenvalue weighted by Gasteiger charge is 1.92. The van der Waals surface area contributed by atoms with Crippen molar-refractivity contribution in [3.05, 3.63) is 23.9 Å². The van der Waals surface area contributed by atoms with Gasteiger partial charge in [-0.3, -0.25) is 0 Å². The molecule has 0 saturated carbocycles. The van der Waals surface area contributed by atoms with Crippen LogP contribution in [0.1, 0.15) is 12.8 Å². The van der Waals surface area contributed by atoms with Crippen molar-refractivity contribution in [2.45, 2.75) is 12.8 Å². The molecule has 0 aliphatic heterocycles. The molecule has 0 fully saturated rings. The van der Waals surface area contributed by atoms with E-state index in [2.05, 4.69) is 23.5 Å². The maximum absolute atomic E-state index is 3.11. The van der Waals surface area contributed by atoms with Crippen molar-refractivity contribution < 1.29 is 0 Å². The molecule has 0 aromatic heterocycles. The molecule has 0 unspecified atom stereocenters. The summed E-state index contributed by atoms with van der Waals surface area (Å²) in [6.45, 7) is 0. The van der Waals surface area contributed by atoms with E-state index in [9.17, 15) is 0 Å².